The van der Waals surface area contributed by atoms with E-state index in [1.54, 1.807) is 0 Å². The van der Waals surface area contributed by atoms with Crippen molar-refractivity contribution in [1.82, 2.24) is 9.62 Å². The molecule has 0 unspecified atom stereocenters. The highest BCUT2D eigenvalue weighted by Crippen LogP contribution is 2.20. The van der Waals surface area contributed by atoms with Crippen LogP contribution in [-0.2, 0) is 24.3 Å². The van der Waals surface area contributed by atoms with Gasteiger partial charge in [0.1, 0.15) is 0 Å². The van der Waals surface area contributed by atoms with E-state index in [2.05, 4.69) is 5.32 Å². The lowest BCUT2D eigenvalue weighted by molar-refractivity contribution is -0.154. The zero-order valence-corrected chi connectivity index (χ0v) is 14.5. The Hall–Kier alpha value is -1.15. The van der Waals surface area contributed by atoms with Gasteiger partial charge in [-0.25, -0.2) is 12.7 Å². The number of esters is 1. The number of ether oxygens (including phenoxy) is 1. The van der Waals surface area contributed by atoms with E-state index in [0.717, 1.165) is 12.7 Å². The molecule has 1 aliphatic heterocycles. The van der Waals surface area contributed by atoms with Crippen LogP contribution in [0.5, 0.6) is 0 Å². The number of carbonyl (C=O) groups excluding carboxylic acids is 2. The van der Waals surface area contributed by atoms with Crippen molar-refractivity contribution < 1.29 is 22.7 Å². The quantitative estimate of drug-likeness (QED) is 0.714. The van der Waals surface area contributed by atoms with Gasteiger partial charge in [0.05, 0.1) is 12.2 Å². The van der Waals surface area contributed by atoms with Gasteiger partial charge in [0.2, 0.25) is 10.0 Å². The molecule has 1 N–H and O–H groups in total. The van der Waals surface area contributed by atoms with Crippen LogP contribution >= 0.6 is 0 Å². The number of carbonyl (C=O) groups is 2. The number of hydrogen-bond acceptors (Lipinski definition) is 5. The standard InChI is InChI=1S/C14H26N2O5S/c1-5-14(2,3)15-12(17)10-21-13(18)11-6-8-16(9-7-11)22(4,19)20/h11H,5-10H2,1-4H3,(H,15,17). The molecule has 0 radical (unpaired) electrons. The molecule has 1 amide bonds. The highest BCUT2D eigenvalue weighted by atomic mass is 32.2. The maximum Gasteiger partial charge on any atom is 0.309 e. The molecule has 1 rings (SSSR count). The van der Waals surface area contributed by atoms with Gasteiger partial charge in [-0.3, -0.25) is 9.59 Å². The summed E-state index contributed by atoms with van der Waals surface area (Å²) in [6.45, 7) is 6.08. The first kappa shape index (κ1) is 18.9. The molecule has 8 heteroatoms. The Morgan fingerprint density at radius 2 is 1.82 bits per heavy atom. The summed E-state index contributed by atoms with van der Waals surface area (Å²) in [6, 6.07) is 0. The van der Waals surface area contributed by atoms with Crippen molar-refractivity contribution in [2.75, 3.05) is 26.0 Å². The van der Waals surface area contributed by atoms with Gasteiger partial charge in [-0.2, -0.15) is 0 Å². The van der Waals surface area contributed by atoms with Crippen LogP contribution in [0.4, 0.5) is 0 Å². The van der Waals surface area contributed by atoms with Crippen molar-refractivity contribution in [2.24, 2.45) is 5.92 Å². The molecule has 1 fully saturated rings. The molecule has 0 bridgehead atoms. The van der Waals surface area contributed by atoms with Crippen LogP contribution < -0.4 is 5.32 Å². The number of hydrogen-bond donors (Lipinski definition) is 1. The third kappa shape index (κ3) is 5.92. The summed E-state index contributed by atoms with van der Waals surface area (Å²) < 4.78 is 29.2. The van der Waals surface area contributed by atoms with Gasteiger partial charge in [0, 0.05) is 18.6 Å². The largest absolute Gasteiger partial charge is 0.455 e. The molecule has 0 aromatic rings. The predicted molar refractivity (Wildman–Crippen MR) is 82.6 cm³/mol. The lowest BCUT2D eigenvalue weighted by Gasteiger charge is -2.29. The second-order valence-corrected chi connectivity index (χ2v) is 8.31. The molecule has 7 nitrogen and oxygen atoms in total. The van der Waals surface area contributed by atoms with E-state index in [1.807, 2.05) is 20.8 Å². The number of amides is 1. The third-order valence-electron chi connectivity index (χ3n) is 3.96. The fourth-order valence-corrected chi connectivity index (χ4v) is 3.05. The van der Waals surface area contributed by atoms with Crippen LogP contribution in [0, 0.1) is 5.92 Å². The first-order valence-electron chi connectivity index (χ1n) is 7.48. The zero-order valence-electron chi connectivity index (χ0n) is 13.7. The van der Waals surface area contributed by atoms with E-state index in [9.17, 15) is 18.0 Å². The van der Waals surface area contributed by atoms with Crippen LogP contribution in [0.2, 0.25) is 0 Å². The second kappa shape index (κ2) is 7.41. The number of nitrogens with one attached hydrogen (secondary N) is 1. The van der Waals surface area contributed by atoms with Crippen molar-refractivity contribution in [1.29, 1.82) is 0 Å². The number of rotatable bonds is 6. The highest BCUT2D eigenvalue weighted by molar-refractivity contribution is 7.88. The Bertz CT molecular complexity index is 507. The summed E-state index contributed by atoms with van der Waals surface area (Å²) in [5.74, 6) is -1.10. The van der Waals surface area contributed by atoms with E-state index in [4.69, 9.17) is 4.74 Å². The average molecular weight is 334 g/mol. The van der Waals surface area contributed by atoms with E-state index in [-0.39, 0.29) is 24.0 Å². The maximum absolute atomic E-state index is 11.9. The monoisotopic (exact) mass is 334 g/mol. The van der Waals surface area contributed by atoms with Gasteiger partial charge in [0.25, 0.3) is 5.91 Å². The molecule has 128 valence electrons. The van der Waals surface area contributed by atoms with Crippen molar-refractivity contribution in [3.05, 3.63) is 0 Å². The Kier molecular flexibility index (Phi) is 6.37. The Balaban J connectivity index is 2.37. The zero-order chi connectivity index (χ0) is 17.0. The van der Waals surface area contributed by atoms with Gasteiger partial charge in [-0.15, -0.1) is 0 Å². The van der Waals surface area contributed by atoms with Crippen LogP contribution in [0.1, 0.15) is 40.0 Å². The SMILES string of the molecule is CCC(C)(C)NC(=O)COC(=O)C1CCN(S(C)(=O)=O)CC1. The molecule has 1 aliphatic rings. The van der Waals surface area contributed by atoms with Crippen LogP contribution in [0.15, 0.2) is 0 Å². The molecular formula is C14H26N2O5S. The highest BCUT2D eigenvalue weighted by Gasteiger charge is 2.30. The van der Waals surface area contributed by atoms with E-state index in [0.29, 0.717) is 25.9 Å². The fraction of sp³-hybridized carbons (Fsp3) is 0.857. The normalized spacial score (nSPS) is 18.0. The predicted octanol–water partition coefficient (Wildman–Crippen LogP) is 0.506. The summed E-state index contributed by atoms with van der Waals surface area (Å²) in [6.07, 6.45) is 2.78. The lowest BCUT2D eigenvalue weighted by Crippen LogP contribution is -2.45. The van der Waals surface area contributed by atoms with Gasteiger partial charge >= 0.3 is 5.97 Å². The van der Waals surface area contributed by atoms with Crippen LogP contribution in [0.25, 0.3) is 0 Å². The Labute approximate surface area is 132 Å². The summed E-state index contributed by atoms with van der Waals surface area (Å²) >= 11 is 0. The minimum Gasteiger partial charge on any atom is -0.455 e. The molecule has 1 saturated heterocycles. The molecule has 0 atom stereocenters. The van der Waals surface area contributed by atoms with Gasteiger partial charge in [-0.05, 0) is 33.1 Å². The van der Waals surface area contributed by atoms with E-state index < -0.39 is 16.0 Å². The minimum absolute atomic E-state index is 0.297. The van der Waals surface area contributed by atoms with E-state index in [1.165, 1.54) is 4.31 Å². The first-order chi connectivity index (χ1) is 10.0. The molecule has 22 heavy (non-hydrogen) atoms. The fourth-order valence-electron chi connectivity index (χ4n) is 2.18. The Morgan fingerprint density at radius 1 is 1.27 bits per heavy atom. The number of nitrogens with zero attached hydrogens (tertiary/aromatic N) is 1. The average Bonchev–Trinajstić information content (AvgIpc) is 2.43. The van der Waals surface area contributed by atoms with Crippen molar-refractivity contribution in [2.45, 2.75) is 45.6 Å². The van der Waals surface area contributed by atoms with Gasteiger partial charge in [-0.1, -0.05) is 6.92 Å². The van der Waals surface area contributed by atoms with Crippen molar-refractivity contribution >= 4 is 21.9 Å². The smallest absolute Gasteiger partial charge is 0.309 e. The van der Waals surface area contributed by atoms with Crippen LogP contribution in [0.3, 0.4) is 0 Å². The molecule has 1 heterocycles. The first-order valence-corrected chi connectivity index (χ1v) is 9.33. The molecular weight excluding hydrogens is 308 g/mol. The molecule has 0 spiro atoms. The molecule has 0 aromatic heterocycles. The second-order valence-electron chi connectivity index (χ2n) is 6.33. The summed E-state index contributed by atoms with van der Waals surface area (Å²) in [7, 11) is -3.21. The van der Waals surface area contributed by atoms with Gasteiger partial charge < -0.3 is 10.1 Å². The van der Waals surface area contributed by atoms with Crippen molar-refractivity contribution in [3.8, 4) is 0 Å². The molecule has 0 saturated carbocycles. The lowest BCUT2D eigenvalue weighted by atomic mass is 9.98. The van der Waals surface area contributed by atoms with E-state index >= 15 is 0 Å². The Morgan fingerprint density at radius 3 is 2.27 bits per heavy atom. The number of piperidine rings is 1. The topological polar surface area (TPSA) is 92.8 Å². The van der Waals surface area contributed by atoms with Crippen molar-refractivity contribution in [3.63, 3.8) is 0 Å². The van der Waals surface area contributed by atoms with Gasteiger partial charge in [0.15, 0.2) is 6.61 Å². The number of sulfonamides is 1. The molecule has 0 aromatic carbocycles. The summed E-state index contributed by atoms with van der Waals surface area (Å²) in [5, 5.41) is 2.79. The maximum atomic E-state index is 11.9. The summed E-state index contributed by atoms with van der Waals surface area (Å²) in [5.41, 5.74) is -0.329. The summed E-state index contributed by atoms with van der Waals surface area (Å²) in [4.78, 5) is 23.6. The van der Waals surface area contributed by atoms with Crippen LogP contribution in [-0.4, -0.2) is 56.1 Å². The minimum atomic E-state index is -3.21. The molecule has 0 aliphatic carbocycles. The third-order valence-corrected chi connectivity index (χ3v) is 5.27.